The van der Waals surface area contributed by atoms with E-state index in [1.54, 1.807) is 0 Å². The van der Waals surface area contributed by atoms with Gasteiger partial charge in [-0.15, -0.1) is 0 Å². The normalized spacial score (nSPS) is 17.5. The van der Waals surface area contributed by atoms with Crippen LogP contribution in [0.2, 0.25) is 0 Å². The van der Waals surface area contributed by atoms with Gasteiger partial charge in [-0.25, -0.2) is 0 Å². The number of nitrogens with zero attached hydrogens (tertiary/aromatic N) is 2. The molecule has 5 heteroatoms. The minimum atomic E-state index is -3.26. The zero-order valence-electron chi connectivity index (χ0n) is 11.0. The summed E-state index contributed by atoms with van der Waals surface area (Å²) in [7, 11) is 0. The van der Waals surface area contributed by atoms with Crippen molar-refractivity contribution in [1.82, 2.24) is 9.80 Å². The van der Waals surface area contributed by atoms with Crippen molar-refractivity contribution >= 4 is 5.91 Å². The Balaban J connectivity index is 1.85. The monoisotopic (exact) mass is 268 g/mol. The highest BCUT2D eigenvalue weighted by molar-refractivity contribution is 5.83. The second kappa shape index (κ2) is 5.65. The van der Waals surface area contributed by atoms with Gasteiger partial charge in [0.15, 0.2) is 0 Å². The van der Waals surface area contributed by atoms with Gasteiger partial charge < -0.3 is 4.90 Å². The van der Waals surface area contributed by atoms with E-state index in [0.29, 0.717) is 33.1 Å². The van der Waals surface area contributed by atoms with E-state index < -0.39 is 11.8 Å². The Labute approximate surface area is 111 Å². The van der Waals surface area contributed by atoms with Gasteiger partial charge in [0.25, 0.3) is 5.91 Å². The Morgan fingerprint density at radius 3 is 2.26 bits per heavy atom. The van der Waals surface area contributed by atoms with Gasteiger partial charge in [0, 0.05) is 39.6 Å². The Bertz CT molecular complexity index is 423. The maximum atomic E-state index is 12.9. The first-order chi connectivity index (χ1) is 8.97. The molecular weight excluding hydrogens is 250 g/mol. The lowest BCUT2D eigenvalue weighted by molar-refractivity contribution is -0.156. The zero-order chi connectivity index (χ0) is 13.9. The van der Waals surface area contributed by atoms with Crippen molar-refractivity contribution < 1.29 is 13.6 Å². The molecule has 1 saturated heterocycles. The second-order valence-corrected chi connectivity index (χ2v) is 4.94. The van der Waals surface area contributed by atoms with Crippen LogP contribution in [0.5, 0.6) is 0 Å². The van der Waals surface area contributed by atoms with Crippen LogP contribution in [0.25, 0.3) is 0 Å². The number of benzene rings is 1. The molecular formula is C14H18F2N2O. The molecule has 0 radical (unpaired) electrons. The van der Waals surface area contributed by atoms with E-state index in [2.05, 4.69) is 4.90 Å². The average molecular weight is 268 g/mol. The molecule has 1 aromatic carbocycles. The van der Waals surface area contributed by atoms with E-state index in [1.807, 2.05) is 30.3 Å². The number of amides is 1. The highest BCUT2D eigenvalue weighted by Crippen LogP contribution is 2.17. The lowest BCUT2D eigenvalue weighted by Crippen LogP contribution is -2.52. The summed E-state index contributed by atoms with van der Waals surface area (Å²) in [4.78, 5) is 14.9. The predicted molar refractivity (Wildman–Crippen MR) is 68.9 cm³/mol. The summed E-state index contributed by atoms with van der Waals surface area (Å²) in [6.45, 7) is 3.47. The fraction of sp³-hybridized carbons (Fsp3) is 0.500. The third-order valence-electron chi connectivity index (χ3n) is 3.28. The number of rotatable bonds is 3. The Morgan fingerprint density at radius 1 is 1.16 bits per heavy atom. The van der Waals surface area contributed by atoms with Gasteiger partial charge in [-0.05, 0) is 5.56 Å². The van der Waals surface area contributed by atoms with Gasteiger partial charge in [-0.1, -0.05) is 30.3 Å². The summed E-state index contributed by atoms with van der Waals surface area (Å²) in [5, 5.41) is 0. The summed E-state index contributed by atoms with van der Waals surface area (Å²) < 4.78 is 25.9. The predicted octanol–water partition coefficient (Wildman–Crippen LogP) is 1.99. The molecule has 0 spiro atoms. The summed E-state index contributed by atoms with van der Waals surface area (Å²) in [5.41, 5.74) is 1.20. The molecule has 1 aromatic rings. The molecule has 1 fully saturated rings. The van der Waals surface area contributed by atoms with Gasteiger partial charge in [0.1, 0.15) is 0 Å². The number of carbonyl (C=O) groups excluding carboxylic acids is 1. The highest BCUT2D eigenvalue weighted by Gasteiger charge is 2.37. The van der Waals surface area contributed by atoms with E-state index in [-0.39, 0.29) is 0 Å². The summed E-state index contributed by atoms with van der Waals surface area (Å²) in [6.07, 6.45) is 0. The average Bonchev–Trinajstić information content (AvgIpc) is 2.39. The standard InChI is InChI=1S/C14H18F2N2O/c1-14(15,16)13(19)18-9-7-17(8-10-18)11-12-5-3-2-4-6-12/h2-6H,7-11H2,1H3. The fourth-order valence-electron chi connectivity index (χ4n) is 2.23. The molecule has 0 N–H and O–H groups in total. The van der Waals surface area contributed by atoms with E-state index in [4.69, 9.17) is 0 Å². The van der Waals surface area contributed by atoms with Gasteiger partial charge in [-0.3, -0.25) is 9.69 Å². The molecule has 2 rings (SSSR count). The van der Waals surface area contributed by atoms with Gasteiger partial charge >= 0.3 is 5.92 Å². The first-order valence-corrected chi connectivity index (χ1v) is 6.40. The molecule has 104 valence electrons. The minimum Gasteiger partial charge on any atom is -0.335 e. The fourth-order valence-corrected chi connectivity index (χ4v) is 2.23. The quantitative estimate of drug-likeness (QED) is 0.837. The third kappa shape index (κ3) is 3.73. The Hall–Kier alpha value is -1.49. The molecule has 1 heterocycles. The SMILES string of the molecule is CC(F)(F)C(=O)N1CCN(Cc2ccccc2)CC1. The van der Waals surface area contributed by atoms with Gasteiger partial charge in [0.05, 0.1) is 0 Å². The molecule has 0 saturated carbocycles. The molecule has 3 nitrogen and oxygen atoms in total. The molecule has 19 heavy (non-hydrogen) atoms. The Morgan fingerprint density at radius 2 is 1.74 bits per heavy atom. The summed E-state index contributed by atoms with van der Waals surface area (Å²) in [6, 6.07) is 10.00. The largest absolute Gasteiger partial charge is 0.335 e. The molecule has 0 atom stereocenters. The van der Waals surface area contributed by atoms with Crippen molar-refractivity contribution in [2.24, 2.45) is 0 Å². The van der Waals surface area contributed by atoms with Crippen LogP contribution < -0.4 is 0 Å². The van der Waals surface area contributed by atoms with Gasteiger partial charge in [0.2, 0.25) is 0 Å². The first-order valence-electron chi connectivity index (χ1n) is 6.40. The van der Waals surface area contributed by atoms with Crippen molar-refractivity contribution in [3.63, 3.8) is 0 Å². The van der Waals surface area contributed by atoms with E-state index in [9.17, 15) is 13.6 Å². The third-order valence-corrected chi connectivity index (χ3v) is 3.28. The molecule has 0 aromatic heterocycles. The van der Waals surface area contributed by atoms with Crippen LogP contribution in [0.1, 0.15) is 12.5 Å². The lowest BCUT2D eigenvalue weighted by atomic mass is 10.2. The van der Waals surface area contributed by atoms with E-state index >= 15 is 0 Å². The minimum absolute atomic E-state index is 0.370. The zero-order valence-corrected chi connectivity index (χ0v) is 11.0. The van der Waals surface area contributed by atoms with Crippen molar-refractivity contribution in [2.45, 2.75) is 19.4 Å². The Kier molecular flexibility index (Phi) is 4.14. The molecule has 1 aliphatic rings. The smallest absolute Gasteiger partial charge is 0.322 e. The van der Waals surface area contributed by atoms with E-state index in [1.165, 1.54) is 10.5 Å². The second-order valence-electron chi connectivity index (χ2n) is 4.94. The van der Waals surface area contributed by atoms with Crippen LogP contribution in [-0.4, -0.2) is 47.8 Å². The van der Waals surface area contributed by atoms with Crippen LogP contribution in [0.15, 0.2) is 30.3 Å². The topological polar surface area (TPSA) is 23.6 Å². The van der Waals surface area contributed by atoms with Crippen LogP contribution >= 0.6 is 0 Å². The molecule has 1 amide bonds. The maximum absolute atomic E-state index is 12.9. The van der Waals surface area contributed by atoms with Crippen molar-refractivity contribution in [2.75, 3.05) is 26.2 Å². The lowest BCUT2D eigenvalue weighted by Gasteiger charge is -2.35. The number of alkyl halides is 2. The summed E-state index contributed by atoms with van der Waals surface area (Å²) in [5.74, 6) is -4.33. The summed E-state index contributed by atoms with van der Waals surface area (Å²) >= 11 is 0. The number of hydrogen-bond donors (Lipinski definition) is 0. The van der Waals surface area contributed by atoms with Crippen LogP contribution in [0, 0.1) is 0 Å². The van der Waals surface area contributed by atoms with Crippen LogP contribution in [0.4, 0.5) is 8.78 Å². The van der Waals surface area contributed by atoms with E-state index in [0.717, 1.165) is 6.54 Å². The number of hydrogen-bond acceptors (Lipinski definition) is 2. The molecule has 1 aliphatic heterocycles. The molecule has 0 unspecified atom stereocenters. The number of piperazine rings is 1. The number of halogens is 2. The van der Waals surface area contributed by atoms with Crippen LogP contribution in [-0.2, 0) is 11.3 Å². The van der Waals surface area contributed by atoms with Crippen molar-refractivity contribution in [1.29, 1.82) is 0 Å². The molecule has 0 bridgehead atoms. The van der Waals surface area contributed by atoms with Gasteiger partial charge in [-0.2, -0.15) is 8.78 Å². The van der Waals surface area contributed by atoms with Crippen molar-refractivity contribution in [3.05, 3.63) is 35.9 Å². The number of carbonyl (C=O) groups is 1. The maximum Gasteiger partial charge on any atom is 0.322 e. The highest BCUT2D eigenvalue weighted by atomic mass is 19.3. The molecule has 0 aliphatic carbocycles. The van der Waals surface area contributed by atoms with Crippen LogP contribution in [0.3, 0.4) is 0 Å². The van der Waals surface area contributed by atoms with Crippen molar-refractivity contribution in [3.8, 4) is 0 Å². The first kappa shape index (κ1) is 13.9.